The Kier molecular flexibility index (Phi) is 6.56. The molecule has 0 bridgehead atoms. The minimum Gasteiger partial charge on any atom is -0.390 e. The van der Waals surface area contributed by atoms with Crippen LogP contribution in [0.25, 0.3) is 0 Å². The van der Waals surface area contributed by atoms with Gasteiger partial charge in [0, 0.05) is 5.92 Å². The number of ketones is 1. The topological polar surface area (TPSA) is 80.9 Å². The van der Waals surface area contributed by atoms with Crippen molar-refractivity contribution < 1.29 is 14.3 Å². The molecule has 8 atom stereocenters. The molecule has 30 heavy (non-hydrogen) atoms. The molecule has 1 heterocycles. The van der Waals surface area contributed by atoms with Gasteiger partial charge in [-0.3, -0.25) is 4.79 Å². The minimum absolute atomic E-state index is 0.0249. The van der Waals surface area contributed by atoms with Crippen LogP contribution in [0.2, 0.25) is 0 Å². The van der Waals surface area contributed by atoms with Crippen LogP contribution in [0.4, 0.5) is 4.39 Å². The molecule has 3 fully saturated rings. The molecule has 0 aliphatic heterocycles. The molecule has 0 unspecified atom stereocenters. The number of halogens is 1. The first-order valence-electron chi connectivity index (χ1n) is 12.0. The van der Waals surface area contributed by atoms with E-state index in [0.29, 0.717) is 36.5 Å². The number of carbonyl (C=O) groups excluding carboxylic acids is 1. The first-order valence-corrected chi connectivity index (χ1v) is 12.0. The molecule has 6 nitrogen and oxygen atoms in total. The predicted molar refractivity (Wildman–Crippen MR) is 111 cm³/mol. The second-order valence-electron chi connectivity index (χ2n) is 10.5. The summed E-state index contributed by atoms with van der Waals surface area (Å²) in [6.07, 6.45) is 10.1. The van der Waals surface area contributed by atoms with Crippen molar-refractivity contribution in [1.82, 2.24) is 20.2 Å². The Hall–Kier alpha value is -1.37. The van der Waals surface area contributed by atoms with E-state index in [-0.39, 0.29) is 24.2 Å². The van der Waals surface area contributed by atoms with Crippen LogP contribution >= 0.6 is 0 Å². The van der Waals surface area contributed by atoms with E-state index >= 15 is 4.39 Å². The molecule has 0 saturated heterocycles. The Morgan fingerprint density at radius 1 is 1.27 bits per heavy atom. The minimum atomic E-state index is -0.785. The molecular formula is C23H37FN4O2. The molecule has 1 aromatic rings. The molecule has 0 radical (unpaired) electrons. The highest BCUT2D eigenvalue weighted by Gasteiger charge is 2.51. The van der Waals surface area contributed by atoms with E-state index in [0.717, 1.165) is 32.1 Å². The monoisotopic (exact) mass is 420 g/mol. The molecular weight excluding hydrogens is 383 g/mol. The van der Waals surface area contributed by atoms with Gasteiger partial charge in [0.05, 0.1) is 5.60 Å². The summed E-state index contributed by atoms with van der Waals surface area (Å²) in [7, 11) is 0. The molecule has 3 aliphatic rings. The largest absolute Gasteiger partial charge is 0.390 e. The number of hydrogen-bond donors (Lipinski definition) is 1. The highest BCUT2D eigenvalue weighted by Crippen LogP contribution is 2.56. The van der Waals surface area contributed by atoms with E-state index in [1.165, 1.54) is 30.3 Å². The van der Waals surface area contributed by atoms with Gasteiger partial charge in [-0.2, -0.15) is 0 Å². The van der Waals surface area contributed by atoms with Gasteiger partial charge in [-0.05, 0) is 98.3 Å². The average molecular weight is 421 g/mol. The second kappa shape index (κ2) is 9.01. The Morgan fingerprint density at radius 3 is 2.80 bits per heavy atom. The third-order valence-corrected chi connectivity index (χ3v) is 8.56. The summed E-state index contributed by atoms with van der Waals surface area (Å²) >= 11 is 0. The summed E-state index contributed by atoms with van der Waals surface area (Å²) in [5.41, 5.74) is -0.694. The van der Waals surface area contributed by atoms with E-state index in [1.54, 1.807) is 0 Å². The lowest BCUT2D eigenvalue weighted by atomic mass is 9.53. The Morgan fingerprint density at radius 2 is 2.07 bits per heavy atom. The Balaban J connectivity index is 1.37. The van der Waals surface area contributed by atoms with Crippen molar-refractivity contribution >= 4 is 5.78 Å². The summed E-state index contributed by atoms with van der Waals surface area (Å²) in [6.45, 7) is 4.18. The number of aliphatic hydroxyl groups is 1. The SMILES string of the molecule is CC[C@H](CC[C@@H]1CCC[C@@H]2[C@H]3CC[C@@](C)(O)C[C@@H]3[C@H](F)C[C@@H]12)C(=O)Cn1cnnn1. The van der Waals surface area contributed by atoms with Gasteiger partial charge in [-0.25, -0.2) is 9.07 Å². The van der Waals surface area contributed by atoms with Gasteiger partial charge in [0.15, 0.2) is 5.78 Å². The van der Waals surface area contributed by atoms with Gasteiger partial charge in [0.25, 0.3) is 0 Å². The van der Waals surface area contributed by atoms with Crippen molar-refractivity contribution in [3.63, 3.8) is 0 Å². The van der Waals surface area contributed by atoms with Crippen molar-refractivity contribution in [2.24, 2.45) is 35.5 Å². The first-order chi connectivity index (χ1) is 14.4. The summed E-state index contributed by atoms with van der Waals surface area (Å²) in [5, 5.41) is 21.5. The molecule has 0 aromatic carbocycles. The maximum Gasteiger partial charge on any atom is 0.157 e. The first kappa shape index (κ1) is 21.8. The third kappa shape index (κ3) is 4.61. The summed E-state index contributed by atoms with van der Waals surface area (Å²) in [5.74, 6) is 2.27. The van der Waals surface area contributed by atoms with Crippen LogP contribution in [0.15, 0.2) is 6.33 Å². The van der Waals surface area contributed by atoms with E-state index in [2.05, 4.69) is 22.4 Å². The van der Waals surface area contributed by atoms with Gasteiger partial charge in [-0.15, -0.1) is 5.10 Å². The van der Waals surface area contributed by atoms with Crippen molar-refractivity contribution in [2.75, 3.05) is 0 Å². The third-order valence-electron chi connectivity index (χ3n) is 8.56. The van der Waals surface area contributed by atoms with E-state index < -0.39 is 11.8 Å². The van der Waals surface area contributed by atoms with Crippen LogP contribution in [0.5, 0.6) is 0 Å². The number of aromatic nitrogens is 4. The highest BCUT2D eigenvalue weighted by atomic mass is 19.1. The summed E-state index contributed by atoms with van der Waals surface area (Å²) in [6, 6.07) is 0. The van der Waals surface area contributed by atoms with Gasteiger partial charge in [-0.1, -0.05) is 19.8 Å². The van der Waals surface area contributed by atoms with Crippen LogP contribution < -0.4 is 0 Å². The lowest BCUT2D eigenvalue weighted by Crippen LogP contribution is -2.51. The molecule has 168 valence electrons. The normalized spacial score (nSPS) is 39.7. The van der Waals surface area contributed by atoms with Gasteiger partial charge in [0.2, 0.25) is 0 Å². The number of hydrogen-bond acceptors (Lipinski definition) is 5. The summed E-state index contributed by atoms with van der Waals surface area (Å²) in [4.78, 5) is 12.7. The second-order valence-corrected chi connectivity index (χ2v) is 10.5. The number of rotatable bonds is 7. The fourth-order valence-electron chi connectivity index (χ4n) is 7.02. The van der Waals surface area contributed by atoms with Gasteiger partial charge >= 0.3 is 0 Å². The lowest BCUT2D eigenvalue weighted by molar-refractivity contribution is -0.124. The lowest BCUT2D eigenvalue weighted by Gasteiger charge is -2.54. The van der Waals surface area contributed by atoms with Crippen LogP contribution in [0.3, 0.4) is 0 Å². The van der Waals surface area contributed by atoms with Crippen LogP contribution in [0, 0.1) is 35.5 Å². The smallest absolute Gasteiger partial charge is 0.157 e. The van der Waals surface area contributed by atoms with E-state index in [9.17, 15) is 9.90 Å². The van der Waals surface area contributed by atoms with Crippen LogP contribution in [0.1, 0.15) is 78.1 Å². The van der Waals surface area contributed by atoms with Crippen molar-refractivity contribution in [3.8, 4) is 0 Å². The van der Waals surface area contributed by atoms with Crippen LogP contribution in [-0.4, -0.2) is 42.9 Å². The Labute approximate surface area is 179 Å². The molecule has 0 spiro atoms. The number of fused-ring (bicyclic) bond motifs is 3. The fourth-order valence-corrected chi connectivity index (χ4v) is 7.02. The molecule has 0 amide bonds. The van der Waals surface area contributed by atoms with Crippen molar-refractivity contribution in [1.29, 1.82) is 0 Å². The van der Waals surface area contributed by atoms with Crippen molar-refractivity contribution in [3.05, 3.63) is 6.33 Å². The zero-order valence-corrected chi connectivity index (χ0v) is 18.4. The van der Waals surface area contributed by atoms with Gasteiger partial charge in [0.1, 0.15) is 19.0 Å². The number of nitrogens with zero attached hydrogens (tertiary/aromatic N) is 4. The Bertz CT molecular complexity index is 710. The fraction of sp³-hybridized carbons (Fsp3) is 0.913. The number of tetrazole rings is 1. The number of alkyl halides is 1. The maximum atomic E-state index is 15.2. The van der Waals surface area contributed by atoms with E-state index in [4.69, 9.17) is 0 Å². The highest BCUT2D eigenvalue weighted by molar-refractivity contribution is 5.80. The van der Waals surface area contributed by atoms with Crippen molar-refractivity contribution in [2.45, 2.75) is 96.4 Å². The predicted octanol–water partition coefficient (Wildman–Crippen LogP) is 3.99. The molecule has 1 N–H and O–H groups in total. The van der Waals surface area contributed by atoms with Gasteiger partial charge < -0.3 is 5.11 Å². The quantitative estimate of drug-likeness (QED) is 0.721. The average Bonchev–Trinajstić information content (AvgIpc) is 3.21. The zero-order valence-electron chi connectivity index (χ0n) is 18.4. The maximum absolute atomic E-state index is 15.2. The molecule has 1 aromatic heterocycles. The summed E-state index contributed by atoms with van der Waals surface area (Å²) < 4.78 is 16.7. The van der Waals surface area contributed by atoms with Crippen LogP contribution in [-0.2, 0) is 11.3 Å². The standard InChI is InChI=1S/C23H37FN4O2/c1-3-15(22(29)13-28-14-25-26-27-28)7-8-16-5-4-6-17-18-9-10-23(2,30)12-20(18)21(24)11-19(16)17/h14-21,30H,3-13H2,1-2H3/t15-,16+,17-,18-,19+,20+,21-,23-/m1/s1. The molecule has 4 rings (SSSR count). The van der Waals surface area contributed by atoms with E-state index in [1.807, 2.05) is 6.92 Å². The zero-order chi connectivity index (χ0) is 21.3. The number of Topliss-reactive ketones (excluding diaryl/α,β-unsaturated/α-hetero) is 1. The molecule has 7 heteroatoms. The number of carbonyl (C=O) groups is 1. The molecule has 3 aliphatic carbocycles. The molecule has 3 saturated carbocycles.